The van der Waals surface area contributed by atoms with Gasteiger partial charge >= 0.3 is 0 Å². The van der Waals surface area contributed by atoms with Gasteiger partial charge in [0.2, 0.25) is 0 Å². The molecule has 0 heterocycles. The SMILES string of the molecule is CCOc1cc(/C=C(/C#N)C(=O)Nc2ccc(Br)cc2)cc(Br)c1OCc1cccc2ccccc12. The highest BCUT2D eigenvalue weighted by molar-refractivity contribution is 9.10. The largest absolute Gasteiger partial charge is 0.490 e. The molecule has 0 spiro atoms. The van der Waals surface area contributed by atoms with Gasteiger partial charge in [-0.05, 0) is 87.2 Å². The van der Waals surface area contributed by atoms with Gasteiger partial charge in [-0.2, -0.15) is 5.26 Å². The Bertz CT molecular complexity index is 1470. The molecule has 7 heteroatoms. The molecule has 180 valence electrons. The summed E-state index contributed by atoms with van der Waals surface area (Å²) in [5, 5.41) is 14.6. The van der Waals surface area contributed by atoms with Gasteiger partial charge in [0.15, 0.2) is 11.5 Å². The molecule has 4 rings (SSSR count). The molecule has 0 aromatic heterocycles. The van der Waals surface area contributed by atoms with Crippen LogP contribution in [0.3, 0.4) is 0 Å². The predicted molar refractivity (Wildman–Crippen MR) is 150 cm³/mol. The van der Waals surface area contributed by atoms with Crippen molar-refractivity contribution in [3.8, 4) is 17.6 Å². The number of rotatable bonds is 8. The minimum absolute atomic E-state index is 0.0308. The molecule has 1 amide bonds. The van der Waals surface area contributed by atoms with Crippen LogP contribution in [0.1, 0.15) is 18.1 Å². The summed E-state index contributed by atoms with van der Waals surface area (Å²) in [6.45, 7) is 2.67. The van der Waals surface area contributed by atoms with E-state index in [4.69, 9.17) is 9.47 Å². The van der Waals surface area contributed by atoms with Gasteiger partial charge in [-0.1, -0.05) is 58.4 Å². The Kier molecular flexibility index (Phi) is 8.42. The topological polar surface area (TPSA) is 71.3 Å². The quantitative estimate of drug-likeness (QED) is 0.164. The number of nitrogens with one attached hydrogen (secondary N) is 1. The molecule has 4 aromatic carbocycles. The van der Waals surface area contributed by atoms with Crippen molar-refractivity contribution in [3.05, 3.63) is 105 Å². The molecule has 0 aliphatic carbocycles. The molecule has 0 radical (unpaired) electrons. The molecule has 0 bridgehead atoms. The maximum atomic E-state index is 12.7. The second kappa shape index (κ2) is 11.9. The summed E-state index contributed by atoms with van der Waals surface area (Å²) < 4.78 is 13.6. The van der Waals surface area contributed by atoms with Gasteiger partial charge in [0.05, 0.1) is 11.1 Å². The van der Waals surface area contributed by atoms with Crippen LogP contribution in [0, 0.1) is 11.3 Å². The van der Waals surface area contributed by atoms with Crippen LogP contribution in [0.4, 0.5) is 5.69 Å². The number of carbonyl (C=O) groups excluding carboxylic acids is 1. The van der Waals surface area contributed by atoms with Gasteiger partial charge < -0.3 is 14.8 Å². The molecule has 0 fully saturated rings. The first-order valence-electron chi connectivity index (χ1n) is 11.2. The van der Waals surface area contributed by atoms with Crippen LogP contribution in [0.5, 0.6) is 11.5 Å². The van der Waals surface area contributed by atoms with Crippen LogP contribution < -0.4 is 14.8 Å². The molecular weight excluding hydrogens is 584 g/mol. The van der Waals surface area contributed by atoms with Gasteiger partial charge in [0.1, 0.15) is 18.2 Å². The minimum Gasteiger partial charge on any atom is -0.490 e. The molecule has 4 aromatic rings. The molecule has 0 unspecified atom stereocenters. The summed E-state index contributed by atoms with van der Waals surface area (Å²) in [5.41, 5.74) is 2.25. The van der Waals surface area contributed by atoms with E-state index in [0.29, 0.717) is 40.4 Å². The summed E-state index contributed by atoms with van der Waals surface area (Å²) in [5.74, 6) is 0.578. The number of fused-ring (bicyclic) bond motifs is 1. The Labute approximate surface area is 226 Å². The highest BCUT2D eigenvalue weighted by Gasteiger charge is 2.15. The predicted octanol–water partition coefficient (Wildman–Crippen LogP) is 7.89. The molecule has 5 nitrogen and oxygen atoms in total. The van der Waals surface area contributed by atoms with Crippen LogP contribution in [0.15, 0.2) is 93.4 Å². The zero-order chi connectivity index (χ0) is 25.5. The average Bonchev–Trinajstić information content (AvgIpc) is 2.88. The lowest BCUT2D eigenvalue weighted by Crippen LogP contribution is -2.13. The van der Waals surface area contributed by atoms with E-state index in [-0.39, 0.29) is 5.57 Å². The van der Waals surface area contributed by atoms with Crippen LogP contribution in [-0.2, 0) is 11.4 Å². The van der Waals surface area contributed by atoms with Crippen molar-refractivity contribution in [1.82, 2.24) is 0 Å². The van der Waals surface area contributed by atoms with E-state index in [1.807, 2.05) is 49.4 Å². The van der Waals surface area contributed by atoms with Gasteiger partial charge in [-0.25, -0.2) is 0 Å². The lowest BCUT2D eigenvalue weighted by atomic mass is 10.1. The minimum atomic E-state index is -0.495. The standard InChI is InChI=1S/C29H22Br2N2O3/c1-2-35-27-16-19(14-22(17-32)29(34)33-24-12-10-23(30)11-13-24)15-26(31)28(27)36-18-21-8-5-7-20-6-3-4-9-25(20)21/h3-16H,2,18H2,1H3,(H,33,34)/b22-14-. The third-order valence-electron chi connectivity index (χ3n) is 5.36. The fourth-order valence-electron chi connectivity index (χ4n) is 3.69. The molecule has 36 heavy (non-hydrogen) atoms. The third kappa shape index (κ3) is 6.14. The Hall–Kier alpha value is -3.60. The number of halogens is 2. The third-order valence-corrected chi connectivity index (χ3v) is 6.48. The number of ether oxygens (including phenoxy) is 2. The summed E-state index contributed by atoms with van der Waals surface area (Å²) in [4.78, 5) is 12.7. The number of anilines is 1. The van der Waals surface area contributed by atoms with Crippen LogP contribution >= 0.6 is 31.9 Å². The highest BCUT2D eigenvalue weighted by Crippen LogP contribution is 2.38. The zero-order valence-corrected chi connectivity index (χ0v) is 22.6. The van der Waals surface area contributed by atoms with E-state index in [1.54, 1.807) is 24.3 Å². The molecule has 0 atom stereocenters. The Morgan fingerprint density at radius 3 is 2.50 bits per heavy atom. The number of amides is 1. The smallest absolute Gasteiger partial charge is 0.266 e. The molecule has 1 N–H and O–H groups in total. The van der Waals surface area contributed by atoms with E-state index in [9.17, 15) is 10.1 Å². The zero-order valence-electron chi connectivity index (χ0n) is 19.4. The maximum absolute atomic E-state index is 12.7. The van der Waals surface area contributed by atoms with E-state index in [2.05, 4.69) is 55.4 Å². The summed E-state index contributed by atoms with van der Waals surface area (Å²) in [7, 11) is 0. The van der Waals surface area contributed by atoms with E-state index in [0.717, 1.165) is 20.8 Å². The molecule has 0 saturated carbocycles. The van der Waals surface area contributed by atoms with Crippen molar-refractivity contribution in [2.75, 3.05) is 11.9 Å². The second-order valence-electron chi connectivity index (χ2n) is 7.82. The van der Waals surface area contributed by atoms with E-state index >= 15 is 0 Å². The number of nitrogens with zero attached hydrogens (tertiary/aromatic N) is 1. The number of hydrogen-bond donors (Lipinski definition) is 1. The van der Waals surface area contributed by atoms with Gasteiger partial charge in [-0.15, -0.1) is 0 Å². The number of nitriles is 1. The van der Waals surface area contributed by atoms with Crippen molar-refractivity contribution < 1.29 is 14.3 Å². The lowest BCUT2D eigenvalue weighted by Gasteiger charge is -2.16. The maximum Gasteiger partial charge on any atom is 0.266 e. The monoisotopic (exact) mass is 604 g/mol. The van der Waals surface area contributed by atoms with Gasteiger partial charge in [0, 0.05) is 10.2 Å². The number of benzene rings is 4. The van der Waals surface area contributed by atoms with Crippen molar-refractivity contribution >= 4 is 60.3 Å². The first-order valence-corrected chi connectivity index (χ1v) is 12.8. The lowest BCUT2D eigenvalue weighted by molar-refractivity contribution is -0.112. The average molecular weight is 606 g/mol. The van der Waals surface area contributed by atoms with Crippen LogP contribution in [-0.4, -0.2) is 12.5 Å². The molecule has 0 aliphatic heterocycles. The van der Waals surface area contributed by atoms with E-state index < -0.39 is 5.91 Å². The fourth-order valence-corrected chi connectivity index (χ4v) is 4.53. The first-order chi connectivity index (χ1) is 17.5. The van der Waals surface area contributed by atoms with Gasteiger partial charge in [0.25, 0.3) is 5.91 Å². The Balaban J connectivity index is 1.59. The summed E-state index contributed by atoms with van der Waals surface area (Å²) >= 11 is 6.94. The summed E-state index contributed by atoms with van der Waals surface area (Å²) in [6, 6.07) is 27.0. The molecular formula is C29H22Br2N2O3. The highest BCUT2D eigenvalue weighted by atomic mass is 79.9. The van der Waals surface area contributed by atoms with Gasteiger partial charge in [-0.3, -0.25) is 4.79 Å². The van der Waals surface area contributed by atoms with Crippen LogP contribution in [0.25, 0.3) is 16.8 Å². The fraction of sp³-hybridized carbons (Fsp3) is 0.103. The van der Waals surface area contributed by atoms with Crippen molar-refractivity contribution in [1.29, 1.82) is 5.26 Å². The number of carbonyl (C=O) groups is 1. The molecule has 0 aliphatic rings. The Morgan fingerprint density at radius 1 is 1.00 bits per heavy atom. The van der Waals surface area contributed by atoms with Crippen molar-refractivity contribution in [2.24, 2.45) is 0 Å². The van der Waals surface area contributed by atoms with Crippen molar-refractivity contribution in [3.63, 3.8) is 0 Å². The van der Waals surface area contributed by atoms with Crippen LogP contribution in [0.2, 0.25) is 0 Å². The van der Waals surface area contributed by atoms with Crippen molar-refractivity contribution in [2.45, 2.75) is 13.5 Å². The first kappa shape index (κ1) is 25.5. The molecule has 0 saturated heterocycles. The summed E-state index contributed by atoms with van der Waals surface area (Å²) in [6.07, 6.45) is 1.52. The Morgan fingerprint density at radius 2 is 1.75 bits per heavy atom. The van der Waals surface area contributed by atoms with E-state index in [1.165, 1.54) is 6.08 Å². The number of hydrogen-bond acceptors (Lipinski definition) is 4. The second-order valence-corrected chi connectivity index (χ2v) is 9.59. The normalized spacial score (nSPS) is 11.1.